The number of anilines is 1. The summed E-state index contributed by atoms with van der Waals surface area (Å²) in [6.07, 6.45) is 0. The number of nitrogen functional groups attached to an aromatic ring is 1. The Morgan fingerprint density at radius 3 is 2.88 bits per heavy atom. The van der Waals surface area contributed by atoms with E-state index in [0.717, 1.165) is 10.5 Å². The fourth-order valence-corrected chi connectivity index (χ4v) is 2.64. The smallest absolute Gasteiger partial charge is 0.187 e. The van der Waals surface area contributed by atoms with E-state index in [2.05, 4.69) is 15.4 Å². The van der Waals surface area contributed by atoms with Crippen LogP contribution in [0.5, 0.6) is 0 Å². The van der Waals surface area contributed by atoms with Gasteiger partial charge in [0.25, 0.3) is 0 Å². The molecule has 0 fully saturated rings. The molecule has 0 radical (unpaired) electrons. The van der Waals surface area contributed by atoms with Crippen molar-refractivity contribution in [3.05, 3.63) is 29.6 Å². The number of nitrogens with two attached hydrogens (primary N) is 1. The summed E-state index contributed by atoms with van der Waals surface area (Å²) in [7, 11) is 0.471. The average Bonchev–Trinajstić information content (AvgIpc) is 2.67. The van der Waals surface area contributed by atoms with E-state index in [4.69, 9.17) is 5.73 Å². The quantitative estimate of drug-likeness (QED) is 0.798. The molecule has 0 aliphatic carbocycles. The van der Waals surface area contributed by atoms with Gasteiger partial charge in [-0.15, -0.1) is 10.2 Å². The van der Waals surface area contributed by atoms with Crippen LogP contribution in [0.4, 0.5) is 5.69 Å². The molecule has 17 heavy (non-hydrogen) atoms. The summed E-state index contributed by atoms with van der Waals surface area (Å²) in [6.45, 7) is 1.90. The van der Waals surface area contributed by atoms with E-state index >= 15 is 0 Å². The van der Waals surface area contributed by atoms with Crippen LogP contribution >= 0.6 is 0 Å². The lowest BCUT2D eigenvalue weighted by molar-refractivity contribution is 0.628. The van der Waals surface area contributed by atoms with Crippen LogP contribution in [-0.4, -0.2) is 24.4 Å². The molecule has 0 spiro atoms. The van der Waals surface area contributed by atoms with Gasteiger partial charge in [0.05, 0.1) is 23.6 Å². The van der Waals surface area contributed by atoms with Gasteiger partial charge in [-0.1, -0.05) is 6.07 Å². The minimum absolute atomic E-state index is 0.248. The van der Waals surface area contributed by atoms with Gasteiger partial charge in [-0.2, -0.15) is 4.80 Å². The maximum Gasteiger partial charge on any atom is 0.187 e. The number of tetrazole rings is 1. The third kappa shape index (κ3) is 2.68. The number of hydrogen-bond acceptors (Lipinski definition) is 5. The number of rotatable bonds is 3. The first kappa shape index (κ1) is 11.7. The van der Waals surface area contributed by atoms with E-state index in [1.807, 2.05) is 13.0 Å². The van der Waals surface area contributed by atoms with Crippen molar-refractivity contribution in [2.24, 2.45) is 7.05 Å². The minimum Gasteiger partial charge on any atom is -0.399 e. The standard InChI is InChI=1S/C10H13N5OS/c1-7-3-4-8(11)5-9(7)17(16)6-10-12-14-15(2)13-10/h3-5H,6,11H2,1-2H3. The lowest BCUT2D eigenvalue weighted by Gasteiger charge is -2.05. The first-order valence-electron chi connectivity index (χ1n) is 5.03. The van der Waals surface area contributed by atoms with Crippen LogP contribution < -0.4 is 5.73 Å². The van der Waals surface area contributed by atoms with Crippen molar-refractivity contribution in [1.82, 2.24) is 20.2 Å². The Hall–Kier alpha value is -1.76. The maximum atomic E-state index is 12.1. The van der Waals surface area contributed by atoms with Crippen molar-refractivity contribution in [2.45, 2.75) is 17.6 Å². The van der Waals surface area contributed by atoms with Crippen LogP contribution in [0.3, 0.4) is 0 Å². The summed E-state index contributed by atoms with van der Waals surface area (Å²) in [6, 6.07) is 5.37. The van der Waals surface area contributed by atoms with E-state index in [-0.39, 0.29) is 5.75 Å². The van der Waals surface area contributed by atoms with E-state index in [0.29, 0.717) is 11.5 Å². The predicted octanol–water partition coefficient (Wildman–Crippen LogP) is 0.409. The number of benzene rings is 1. The van der Waals surface area contributed by atoms with E-state index < -0.39 is 10.8 Å². The summed E-state index contributed by atoms with van der Waals surface area (Å²) < 4.78 is 12.1. The normalized spacial score (nSPS) is 12.6. The van der Waals surface area contributed by atoms with Crippen molar-refractivity contribution < 1.29 is 4.21 Å². The van der Waals surface area contributed by atoms with Crippen LogP contribution in [0.25, 0.3) is 0 Å². The van der Waals surface area contributed by atoms with Crippen LogP contribution in [0.2, 0.25) is 0 Å². The fraction of sp³-hybridized carbons (Fsp3) is 0.300. The summed E-state index contributed by atoms with van der Waals surface area (Å²) >= 11 is 0. The zero-order valence-electron chi connectivity index (χ0n) is 9.62. The Kier molecular flexibility index (Phi) is 3.19. The molecule has 1 unspecified atom stereocenters. The molecule has 2 aromatic rings. The van der Waals surface area contributed by atoms with Gasteiger partial charge in [-0.3, -0.25) is 4.21 Å². The molecule has 1 aromatic carbocycles. The molecule has 0 amide bonds. The molecule has 0 saturated carbocycles. The monoisotopic (exact) mass is 251 g/mol. The lowest BCUT2D eigenvalue weighted by atomic mass is 10.2. The van der Waals surface area contributed by atoms with Gasteiger partial charge in [-0.05, 0) is 29.8 Å². The number of aromatic nitrogens is 4. The van der Waals surface area contributed by atoms with Crippen molar-refractivity contribution in [3.63, 3.8) is 0 Å². The fourth-order valence-electron chi connectivity index (χ4n) is 1.44. The molecule has 0 aliphatic heterocycles. The van der Waals surface area contributed by atoms with E-state index in [1.54, 1.807) is 19.2 Å². The van der Waals surface area contributed by atoms with Gasteiger partial charge in [0.15, 0.2) is 5.82 Å². The zero-order chi connectivity index (χ0) is 12.4. The molecular formula is C10H13N5OS. The molecule has 0 aliphatic rings. The Morgan fingerprint density at radius 1 is 1.47 bits per heavy atom. The predicted molar refractivity (Wildman–Crippen MR) is 64.5 cm³/mol. The van der Waals surface area contributed by atoms with Crippen LogP contribution in [0.1, 0.15) is 11.4 Å². The van der Waals surface area contributed by atoms with E-state index in [1.165, 1.54) is 4.80 Å². The number of hydrogen-bond donors (Lipinski definition) is 1. The molecular weight excluding hydrogens is 238 g/mol. The first-order chi connectivity index (χ1) is 8.06. The highest BCUT2D eigenvalue weighted by atomic mass is 32.2. The Balaban J connectivity index is 2.22. The largest absolute Gasteiger partial charge is 0.399 e. The Bertz CT molecular complexity index is 566. The zero-order valence-corrected chi connectivity index (χ0v) is 10.4. The summed E-state index contributed by atoms with van der Waals surface area (Å²) in [5, 5.41) is 11.5. The molecule has 1 heterocycles. The van der Waals surface area contributed by atoms with Crippen molar-refractivity contribution >= 4 is 16.5 Å². The number of aryl methyl sites for hydroxylation is 2. The topological polar surface area (TPSA) is 86.7 Å². The molecule has 0 bridgehead atoms. The molecule has 0 saturated heterocycles. The summed E-state index contributed by atoms with van der Waals surface area (Å²) in [5.74, 6) is 0.714. The Labute approximate surface area is 101 Å². The molecule has 2 rings (SSSR count). The molecule has 1 atom stereocenters. The Morgan fingerprint density at radius 2 is 2.24 bits per heavy atom. The second-order valence-electron chi connectivity index (χ2n) is 3.71. The van der Waals surface area contributed by atoms with Gasteiger partial charge >= 0.3 is 0 Å². The second-order valence-corrected chi connectivity index (χ2v) is 5.13. The third-order valence-electron chi connectivity index (χ3n) is 2.27. The molecule has 2 N–H and O–H groups in total. The summed E-state index contributed by atoms with van der Waals surface area (Å²) in [4.78, 5) is 2.07. The molecule has 90 valence electrons. The maximum absolute atomic E-state index is 12.1. The van der Waals surface area contributed by atoms with Gasteiger partial charge in [0, 0.05) is 10.6 Å². The highest BCUT2D eigenvalue weighted by Crippen LogP contribution is 2.18. The lowest BCUT2D eigenvalue weighted by Crippen LogP contribution is -2.02. The van der Waals surface area contributed by atoms with Crippen LogP contribution in [-0.2, 0) is 23.6 Å². The van der Waals surface area contributed by atoms with Gasteiger partial charge < -0.3 is 5.73 Å². The van der Waals surface area contributed by atoms with E-state index in [9.17, 15) is 4.21 Å². The SMILES string of the molecule is Cc1ccc(N)cc1S(=O)Cc1nnn(C)n1. The van der Waals surface area contributed by atoms with Gasteiger partial charge in [-0.25, -0.2) is 0 Å². The number of nitrogens with zero attached hydrogens (tertiary/aromatic N) is 4. The average molecular weight is 251 g/mol. The van der Waals surface area contributed by atoms with Crippen molar-refractivity contribution in [3.8, 4) is 0 Å². The highest BCUT2D eigenvalue weighted by molar-refractivity contribution is 7.84. The molecule has 6 nitrogen and oxygen atoms in total. The van der Waals surface area contributed by atoms with Gasteiger partial charge in [0.2, 0.25) is 0 Å². The van der Waals surface area contributed by atoms with Gasteiger partial charge in [0.1, 0.15) is 0 Å². The third-order valence-corrected chi connectivity index (χ3v) is 3.72. The molecule has 1 aromatic heterocycles. The summed E-state index contributed by atoms with van der Waals surface area (Å²) in [5.41, 5.74) is 7.23. The van der Waals surface area contributed by atoms with Crippen LogP contribution in [0.15, 0.2) is 23.1 Å². The van der Waals surface area contributed by atoms with Crippen LogP contribution in [0, 0.1) is 6.92 Å². The second kappa shape index (κ2) is 4.62. The first-order valence-corrected chi connectivity index (χ1v) is 6.35. The minimum atomic E-state index is -1.20. The van der Waals surface area contributed by atoms with Crippen molar-refractivity contribution in [2.75, 3.05) is 5.73 Å². The highest BCUT2D eigenvalue weighted by Gasteiger charge is 2.11. The molecule has 7 heteroatoms. The van der Waals surface area contributed by atoms with Crippen molar-refractivity contribution in [1.29, 1.82) is 0 Å².